The van der Waals surface area contributed by atoms with Gasteiger partial charge in [0.15, 0.2) is 12.3 Å². The van der Waals surface area contributed by atoms with Gasteiger partial charge in [-0.3, -0.25) is 9.89 Å². The first-order valence-corrected chi connectivity index (χ1v) is 7.55. The number of ether oxygens (including phenoxy) is 1. The highest BCUT2D eigenvalue weighted by atomic mass is 16.5. The minimum Gasteiger partial charge on any atom is -0.451 e. The van der Waals surface area contributed by atoms with Crippen molar-refractivity contribution in [2.75, 3.05) is 19.7 Å². The van der Waals surface area contributed by atoms with E-state index in [4.69, 9.17) is 4.74 Å². The number of aromatic amines is 1. The quantitative estimate of drug-likeness (QED) is 0.797. The van der Waals surface area contributed by atoms with Gasteiger partial charge in [-0.15, -0.1) is 0 Å². The maximum Gasteiger partial charge on any atom is 0.359 e. The number of amides is 1. The Hall–Kier alpha value is -2.37. The number of nitrogens with zero attached hydrogens (tertiary/aromatic N) is 2. The number of carbonyl (C=O) groups excluding carboxylic acids is 2. The van der Waals surface area contributed by atoms with Gasteiger partial charge in [0, 0.05) is 18.5 Å². The van der Waals surface area contributed by atoms with Crippen molar-refractivity contribution in [2.24, 2.45) is 0 Å². The first-order valence-electron chi connectivity index (χ1n) is 7.55. The molecule has 0 aliphatic rings. The fourth-order valence-electron chi connectivity index (χ4n) is 2.31. The molecular formula is C16H21N3O3. The van der Waals surface area contributed by atoms with E-state index in [0.29, 0.717) is 18.5 Å². The van der Waals surface area contributed by atoms with Crippen LogP contribution in [0.4, 0.5) is 0 Å². The van der Waals surface area contributed by atoms with Crippen molar-refractivity contribution in [3.63, 3.8) is 0 Å². The molecule has 6 heteroatoms. The predicted octanol–water partition coefficient (Wildman–Crippen LogP) is 2.37. The molecule has 118 valence electrons. The van der Waals surface area contributed by atoms with Crippen LogP contribution in [0.5, 0.6) is 0 Å². The number of benzene rings is 1. The number of para-hydroxylation sites is 1. The second-order valence-corrected chi connectivity index (χ2v) is 5.07. The summed E-state index contributed by atoms with van der Waals surface area (Å²) in [5.74, 6) is -0.754. The van der Waals surface area contributed by atoms with Crippen molar-refractivity contribution in [1.29, 1.82) is 0 Å². The number of nitrogens with one attached hydrogen (secondary N) is 1. The molecule has 1 heterocycles. The fourth-order valence-corrected chi connectivity index (χ4v) is 2.31. The predicted molar refractivity (Wildman–Crippen MR) is 83.5 cm³/mol. The zero-order chi connectivity index (χ0) is 15.9. The van der Waals surface area contributed by atoms with Gasteiger partial charge < -0.3 is 9.64 Å². The third-order valence-corrected chi connectivity index (χ3v) is 3.33. The van der Waals surface area contributed by atoms with Crippen molar-refractivity contribution in [3.05, 3.63) is 30.0 Å². The van der Waals surface area contributed by atoms with Crippen LogP contribution < -0.4 is 0 Å². The third-order valence-electron chi connectivity index (χ3n) is 3.33. The number of H-pyrrole nitrogens is 1. The normalized spacial score (nSPS) is 10.6. The van der Waals surface area contributed by atoms with Crippen molar-refractivity contribution >= 4 is 22.8 Å². The number of esters is 1. The Bertz CT molecular complexity index is 645. The van der Waals surface area contributed by atoms with Crippen LogP contribution in [0.25, 0.3) is 10.9 Å². The molecule has 1 aromatic heterocycles. The number of hydrogen-bond donors (Lipinski definition) is 1. The van der Waals surface area contributed by atoms with Gasteiger partial charge in [0.25, 0.3) is 5.91 Å². The molecule has 2 rings (SSSR count). The van der Waals surface area contributed by atoms with Gasteiger partial charge in [-0.05, 0) is 18.9 Å². The molecule has 6 nitrogen and oxygen atoms in total. The molecule has 0 saturated carbocycles. The van der Waals surface area contributed by atoms with Crippen molar-refractivity contribution in [3.8, 4) is 0 Å². The van der Waals surface area contributed by atoms with Crippen molar-refractivity contribution in [2.45, 2.75) is 26.7 Å². The average Bonchev–Trinajstić information content (AvgIpc) is 2.96. The summed E-state index contributed by atoms with van der Waals surface area (Å²) in [5.41, 5.74) is 0.973. The van der Waals surface area contributed by atoms with Gasteiger partial charge in [0.1, 0.15) is 0 Å². The van der Waals surface area contributed by atoms with Gasteiger partial charge in [-0.2, -0.15) is 5.10 Å². The minimum atomic E-state index is -0.584. The standard InChI is InChI=1S/C16H21N3O3/c1-3-9-19(10-4-2)14(20)11-22-16(21)15-12-7-5-6-8-13(12)17-18-15/h5-8H,3-4,9-11H2,1-2H3,(H,17,18). The number of carbonyl (C=O) groups is 2. The number of rotatable bonds is 7. The van der Waals surface area contributed by atoms with Gasteiger partial charge in [0.05, 0.1) is 5.52 Å². The molecule has 0 bridgehead atoms. The Morgan fingerprint density at radius 2 is 1.86 bits per heavy atom. The molecule has 0 spiro atoms. The van der Waals surface area contributed by atoms with Gasteiger partial charge in [-0.1, -0.05) is 32.0 Å². The third kappa shape index (κ3) is 3.63. The van der Waals surface area contributed by atoms with Crippen LogP contribution in [0.3, 0.4) is 0 Å². The summed E-state index contributed by atoms with van der Waals surface area (Å²) >= 11 is 0. The summed E-state index contributed by atoms with van der Waals surface area (Å²) in [6, 6.07) is 7.29. The molecule has 0 saturated heterocycles. The first kappa shape index (κ1) is 16.0. The van der Waals surface area contributed by atoms with Gasteiger partial charge in [0.2, 0.25) is 0 Å². The van der Waals surface area contributed by atoms with Crippen LogP contribution in [0.2, 0.25) is 0 Å². The van der Waals surface area contributed by atoms with E-state index in [2.05, 4.69) is 10.2 Å². The van der Waals surface area contributed by atoms with E-state index in [1.165, 1.54) is 0 Å². The highest BCUT2D eigenvalue weighted by molar-refractivity contribution is 6.02. The number of hydrogen-bond acceptors (Lipinski definition) is 4. The molecule has 0 fully saturated rings. The van der Waals surface area contributed by atoms with Crippen LogP contribution in [0.15, 0.2) is 24.3 Å². The Labute approximate surface area is 129 Å². The van der Waals surface area contributed by atoms with Gasteiger partial charge >= 0.3 is 5.97 Å². The van der Waals surface area contributed by atoms with Crippen LogP contribution in [-0.2, 0) is 9.53 Å². The number of fused-ring (bicyclic) bond motifs is 1. The SMILES string of the molecule is CCCN(CCC)C(=O)COC(=O)c1n[nH]c2ccccc12. The van der Waals surface area contributed by atoms with Crippen LogP contribution in [0.1, 0.15) is 37.2 Å². The molecule has 0 aliphatic heterocycles. The zero-order valence-corrected chi connectivity index (χ0v) is 13.0. The van der Waals surface area contributed by atoms with Crippen LogP contribution in [0, 0.1) is 0 Å². The number of aromatic nitrogens is 2. The van der Waals surface area contributed by atoms with E-state index in [0.717, 1.165) is 18.4 Å². The second-order valence-electron chi connectivity index (χ2n) is 5.07. The Morgan fingerprint density at radius 1 is 1.18 bits per heavy atom. The largest absolute Gasteiger partial charge is 0.451 e. The molecule has 1 aromatic carbocycles. The molecule has 0 aliphatic carbocycles. The van der Waals surface area contributed by atoms with E-state index >= 15 is 0 Å². The van der Waals surface area contributed by atoms with Gasteiger partial charge in [-0.25, -0.2) is 4.79 Å². The summed E-state index contributed by atoms with van der Waals surface area (Å²) in [6.45, 7) is 5.13. The summed E-state index contributed by atoms with van der Waals surface area (Å²) in [7, 11) is 0. The Balaban J connectivity index is 1.98. The molecule has 0 unspecified atom stereocenters. The van der Waals surface area contributed by atoms with E-state index in [9.17, 15) is 9.59 Å². The van der Waals surface area contributed by atoms with Crippen LogP contribution >= 0.6 is 0 Å². The fraction of sp³-hybridized carbons (Fsp3) is 0.438. The second kappa shape index (κ2) is 7.59. The van der Waals surface area contributed by atoms with E-state index < -0.39 is 5.97 Å². The Kier molecular flexibility index (Phi) is 5.52. The van der Waals surface area contributed by atoms with Crippen molar-refractivity contribution < 1.29 is 14.3 Å². The molecular weight excluding hydrogens is 282 g/mol. The van der Waals surface area contributed by atoms with E-state index in [1.807, 2.05) is 32.0 Å². The molecule has 0 atom stereocenters. The average molecular weight is 303 g/mol. The monoisotopic (exact) mass is 303 g/mol. The molecule has 22 heavy (non-hydrogen) atoms. The lowest BCUT2D eigenvalue weighted by Gasteiger charge is -2.21. The maximum atomic E-state index is 12.1. The van der Waals surface area contributed by atoms with Crippen LogP contribution in [-0.4, -0.2) is 46.7 Å². The summed E-state index contributed by atoms with van der Waals surface area (Å²) < 4.78 is 5.12. The Morgan fingerprint density at radius 3 is 2.55 bits per heavy atom. The molecule has 1 amide bonds. The lowest BCUT2D eigenvalue weighted by Crippen LogP contribution is -2.35. The minimum absolute atomic E-state index is 0.170. The summed E-state index contributed by atoms with van der Waals surface area (Å²) in [4.78, 5) is 25.9. The maximum absolute atomic E-state index is 12.1. The lowest BCUT2D eigenvalue weighted by atomic mass is 10.2. The summed E-state index contributed by atoms with van der Waals surface area (Å²) in [5, 5.41) is 7.43. The molecule has 0 radical (unpaired) electrons. The summed E-state index contributed by atoms with van der Waals surface area (Å²) in [6.07, 6.45) is 1.76. The molecule has 1 N–H and O–H groups in total. The highest BCUT2D eigenvalue weighted by Gasteiger charge is 2.18. The zero-order valence-electron chi connectivity index (χ0n) is 13.0. The topological polar surface area (TPSA) is 75.3 Å². The highest BCUT2D eigenvalue weighted by Crippen LogP contribution is 2.15. The first-order chi connectivity index (χ1) is 10.7. The van der Waals surface area contributed by atoms with Crippen molar-refractivity contribution in [1.82, 2.24) is 15.1 Å². The van der Waals surface area contributed by atoms with E-state index in [1.54, 1.807) is 11.0 Å². The van der Waals surface area contributed by atoms with E-state index in [-0.39, 0.29) is 18.2 Å². The smallest absolute Gasteiger partial charge is 0.359 e. The lowest BCUT2D eigenvalue weighted by molar-refractivity contribution is -0.134. The molecule has 2 aromatic rings.